The maximum absolute atomic E-state index is 13.5. The number of rotatable bonds is 8. The number of fused-ring (bicyclic) bond motifs is 1. The molecule has 35 heavy (non-hydrogen) atoms. The highest BCUT2D eigenvalue weighted by Gasteiger charge is 2.13. The second kappa shape index (κ2) is 11.3. The summed E-state index contributed by atoms with van der Waals surface area (Å²) in [7, 11) is 1.55. The summed E-state index contributed by atoms with van der Waals surface area (Å²) in [6.07, 6.45) is 3.05. The van der Waals surface area contributed by atoms with E-state index in [-0.39, 0.29) is 18.0 Å². The lowest BCUT2D eigenvalue weighted by atomic mass is 10.2. The number of halogens is 3. The van der Waals surface area contributed by atoms with Crippen LogP contribution in [-0.4, -0.2) is 23.0 Å². The predicted octanol–water partition coefficient (Wildman–Crippen LogP) is 6.33. The van der Waals surface area contributed by atoms with Gasteiger partial charge in [-0.25, -0.2) is 9.37 Å². The average Bonchev–Trinajstić information content (AvgIpc) is 2.83. The Morgan fingerprint density at radius 3 is 2.77 bits per heavy atom. The van der Waals surface area contributed by atoms with E-state index in [0.717, 1.165) is 20.0 Å². The number of benzene rings is 3. The first-order valence-electron chi connectivity index (χ1n) is 10.9. The SMILES string of the molecule is CCCc1nc2ccc(Br)cc2c(=O)n1N=Cc1cc(I)c(OCc2cccc(F)c2)c(OC)c1. The van der Waals surface area contributed by atoms with Gasteiger partial charge in [-0.1, -0.05) is 35.0 Å². The number of hydrogen-bond acceptors (Lipinski definition) is 5. The van der Waals surface area contributed by atoms with E-state index in [4.69, 9.17) is 9.47 Å². The van der Waals surface area contributed by atoms with Gasteiger partial charge in [0.15, 0.2) is 11.5 Å². The molecule has 0 saturated heterocycles. The summed E-state index contributed by atoms with van der Waals surface area (Å²) in [5, 5.41) is 4.97. The highest BCUT2D eigenvalue weighted by atomic mass is 127. The highest BCUT2D eigenvalue weighted by molar-refractivity contribution is 14.1. The first-order chi connectivity index (χ1) is 16.9. The maximum atomic E-state index is 13.5. The van der Waals surface area contributed by atoms with E-state index in [0.29, 0.717) is 40.2 Å². The van der Waals surface area contributed by atoms with E-state index in [1.807, 2.05) is 25.1 Å². The Kier molecular flexibility index (Phi) is 8.17. The topological polar surface area (TPSA) is 65.7 Å². The zero-order chi connectivity index (χ0) is 24.9. The van der Waals surface area contributed by atoms with Gasteiger partial charge in [-0.2, -0.15) is 9.78 Å². The smallest absolute Gasteiger partial charge is 0.282 e. The molecule has 0 aliphatic rings. The molecule has 0 radical (unpaired) electrons. The van der Waals surface area contributed by atoms with Crippen molar-refractivity contribution in [1.29, 1.82) is 0 Å². The van der Waals surface area contributed by atoms with Gasteiger partial charge in [0.05, 0.1) is 27.8 Å². The molecule has 9 heteroatoms. The van der Waals surface area contributed by atoms with Crippen molar-refractivity contribution in [3.8, 4) is 11.5 Å². The van der Waals surface area contributed by atoms with Gasteiger partial charge in [0, 0.05) is 10.9 Å². The van der Waals surface area contributed by atoms with Gasteiger partial charge in [0.25, 0.3) is 5.56 Å². The van der Waals surface area contributed by atoms with Gasteiger partial charge in [-0.3, -0.25) is 4.79 Å². The van der Waals surface area contributed by atoms with E-state index in [1.165, 1.54) is 16.8 Å². The Morgan fingerprint density at radius 1 is 1.20 bits per heavy atom. The second-order valence-corrected chi connectivity index (χ2v) is 9.83. The standard InChI is InChI=1S/C26H22BrFIN3O3/c1-3-5-24-31-22-9-8-18(27)13-20(22)26(33)32(24)30-14-17-11-21(29)25(23(12-17)34-2)35-15-16-6-4-7-19(28)10-16/h4,6-14H,3,5,15H2,1-2H3. The van der Waals surface area contributed by atoms with Crippen LogP contribution in [0.1, 0.15) is 30.3 Å². The number of hydrogen-bond donors (Lipinski definition) is 0. The molecular formula is C26H22BrFIN3O3. The minimum atomic E-state index is -0.312. The summed E-state index contributed by atoms with van der Waals surface area (Å²) in [6.45, 7) is 2.23. The number of methoxy groups -OCH3 is 1. The second-order valence-electron chi connectivity index (χ2n) is 7.75. The lowest BCUT2D eigenvalue weighted by molar-refractivity contribution is 0.282. The molecule has 0 bridgehead atoms. The number of aryl methyl sites for hydroxylation is 1. The van der Waals surface area contributed by atoms with Crippen molar-refractivity contribution in [1.82, 2.24) is 9.66 Å². The van der Waals surface area contributed by atoms with Gasteiger partial charge < -0.3 is 9.47 Å². The van der Waals surface area contributed by atoms with Gasteiger partial charge in [0.2, 0.25) is 0 Å². The van der Waals surface area contributed by atoms with E-state index < -0.39 is 0 Å². The molecule has 0 fully saturated rings. The fraction of sp³-hybridized carbons (Fsp3) is 0.192. The Labute approximate surface area is 224 Å². The van der Waals surface area contributed by atoms with Crippen molar-refractivity contribution >= 4 is 55.6 Å². The van der Waals surface area contributed by atoms with Crippen molar-refractivity contribution in [2.24, 2.45) is 5.10 Å². The minimum Gasteiger partial charge on any atom is -0.493 e. The summed E-state index contributed by atoms with van der Waals surface area (Å²) in [5.41, 5.74) is 1.86. The van der Waals surface area contributed by atoms with Crippen molar-refractivity contribution in [3.05, 3.63) is 95.8 Å². The summed E-state index contributed by atoms with van der Waals surface area (Å²) >= 11 is 5.57. The molecular weight excluding hydrogens is 628 g/mol. The molecule has 0 amide bonds. The molecule has 0 N–H and O–H groups in total. The van der Waals surface area contributed by atoms with Crippen LogP contribution in [0.15, 0.2) is 69.0 Å². The molecule has 0 saturated carbocycles. The van der Waals surface area contributed by atoms with Crippen LogP contribution in [0.2, 0.25) is 0 Å². The lowest BCUT2D eigenvalue weighted by Crippen LogP contribution is -2.22. The maximum Gasteiger partial charge on any atom is 0.282 e. The van der Waals surface area contributed by atoms with E-state index in [1.54, 1.807) is 37.6 Å². The third kappa shape index (κ3) is 5.90. The quantitative estimate of drug-likeness (QED) is 0.165. The molecule has 0 spiro atoms. The molecule has 4 aromatic rings. The van der Waals surface area contributed by atoms with Gasteiger partial charge in [-0.15, -0.1) is 0 Å². The first-order valence-corrected chi connectivity index (χ1v) is 12.8. The molecule has 0 unspecified atom stereocenters. The van der Waals surface area contributed by atoms with Crippen LogP contribution in [0.4, 0.5) is 4.39 Å². The van der Waals surface area contributed by atoms with Crippen LogP contribution in [0, 0.1) is 9.39 Å². The molecule has 1 heterocycles. The molecule has 180 valence electrons. The van der Waals surface area contributed by atoms with Gasteiger partial charge in [-0.05, 0) is 82.6 Å². The Morgan fingerprint density at radius 2 is 2.03 bits per heavy atom. The highest BCUT2D eigenvalue weighted by Crippen LogP contribution is 2.34. The van der Waals surface area contributed by atoms with Crippen LogP contribution >= 0.6 is 38.5 Å². The lowest BCUT2D eigenvalue weighted by Gasteiger charge is -2.14. The zero-order valence-electron chi connectivity index (χ0n) is 19.1. The third-order valence-electron chi connectivity index (χ3n) is 5.20. The third-order valence-corrected chi connectivity index (χ3v) is 6.49. The molecule has 1 aromatic heterocycles. The fourth-order valence-corrected chi connectivity index (χ4v) is 4.70. The van der Waals surface area contributed by atoms with Crippen LogP contribution < -0.4 is 15.0 Å². The fourth-order valence-electron chi connectivity index (χ4n) is 3.56. The molecule has 0 atom stereocenters. The summed E-state index contributed by atoms with van der Waals surface area (Å²) in [6, 6.07) is 15.4. The average molecular weight is 650 g/mol. The van der Waals surface area contributed by atoms with Crippen LogP contribution in [0.25, 0.3) is 10.9 Å². The van der Waals surface area contributed by atoms with Crippen molar-refractivity contribution in [2.75, 3.05) is 7.11 Å². The van der Waals surface area contributed by atoms with E-state index in [2.05, 4.69) is 48.6 Å². The van der Waals surface area contributed by atoms with E-state index >= 15 is 0 Å². The molecule has 0 aliphatic carbocycles. The van der Waals surface area contributed by atoms with E-state index in [9.17, 15) is 9.18 Å². The Hall–Kier alpha value is -2.79. The number of ether oxygens (including phenoxy) is 2. The van der Waals surface area contributed by atoms with Gasteiger partial charge >= 0.3 is 0 Å². The largest absolute Gasteiger partial charge is 0.493 e. The Bertz CT molecular complexity index is 1470. The summed E-state index contributed by atoms with van der Waals surface area (Å²) in [4.78, 5) is 17.9. The molecule has 4 rings (SSSR count). The van der Waals surface area contributed by atoms with Gasteiger partial charge in [0.1, 0.15) is 18.2 Å². The molecule has 0 aliphatic heterocycles. The number of aromatic nitrogens is 2. The van der Waals surface area contributed by atoms with Crippen LogP contribution in [-0.2, 0) is 13.0 Å². The Balaban J connectivity index is 1.67. The normalized spacial score (nSPS) is 11.3. The van der Waals surface area contributed by atoms with Crippen molar-refractivity contribution in [2.45, 2.75) is 26.4 Å². The minimum absolute atomic E-state index is 0.200. The number of nitrogens with zero attached hydrogens (tertiary/aromatic N) is 3. The monoisotopic (exact) mass is 649 g/mol. The van der Waals surface area contributed by atoms with Crippen molar-refractivity contribution < 1.29 is 13.9 Å². The molecule has 3 aromatic carbocycles. The summed E-state index contributed by atoms with van der Waals surface area (Å²) in [5.74, 6) is 1.35. The molecule has 6 nitrogen and oxygen atoms in total. The predicted molar refractivity (Wildman–Crippen MR) is 147 cm³/mol. The first kappa shape index (κ1) is 25.3. The van der Waals surface area contributed by atoms with Crippen LogP contribution in [0.3, 0.4) is 0 Å². The zero-order valence-corrected chi connectivity index (χ0v) is 22.8. The summed E-state index contributed by atoms with van der Waals surface area (Å²) < 4.78 is 27.9. The van der Waals surface area contributed by atoms with Crippen LogP contribution in [0.5, 0.6) is 11.5 Å². The van der Waals surface area contributed by atoms with Crippen molar-refractivity contribution in [3.63, 3.8) is 0 Å².